The van der Waals surface area contributed by atoms with E-state index < -0.39 is 7.82 Å². The molecular formula is C20H45O5PS. The zero-order valence-corrected chi connectivity index (χ0v) is 19.4. The zero-order valence-electron chi connectivity index (χ0n) is 17.7. The molecule has 166 valence electrons. The molecule has 0 aliphatic heterocycles. The van der Waals surface area contributed by atoms with Crippen LogP contribution in [0.5, 0.6) is 0 Å². The van der Waals surface area contributed by atoms with Gasteiger partial charge in [-0.3, -0.25) is 0 Å². The first kappa shape index (κ1) is 29.6. The van der Waals surface area contributed by atoms with Crippen LogP contribution in [0.25, 0.3) is 0 Å². The number of hydrogen-bond donors (Lipinski definition) is 4. The number of aliphatic hydroxyl groups is 1. The second kappa shape index (κ2) is 22.7. The minimum absolute atomic E-state index is 0.339. The zero-order chi connectivity index (χ0) is 20.8. The van der Waals surface area contributed by atoms with Crippen LogP contribution < -0.4 is 0 Å². The number of phosphoric acid groups is 1. The predicted molar refractivity (Wildman–Crippen MR) is 118 cm³/mol. The van der Waals surface area contributed by atoms with Gasteiger partial charge >= 0.3 is 7.82 Å². The van der Waals surface area contributed by atoms with Crippen molar-refractivity contribution in [2.45, 2.75) is 104 Å². The summed E-state index contributed by atoms with van der Waals surface area (Å²) >= 11 is 2.01. The monoisotopic (exact) mass is 428 g/mol. The van der Waals surface area contributed by atoms with Gasteiger partial charge in [0.05, 0.1) is 0 Å². The molecule has 0 fully saturated rings. The molecule has 0 aromatic carbocycles. The Morgan fingerprint density at radius 1 is 0.741 bits per heavy atom. The fraction of sp³-hybridized carbons (Fsp3) is 1.00. The number of aliphatic hydroxyl groups excluding tert-OH is 1. The van der Waals surface area contributed by atoms with Crippen LogP contribution in [-0.2, 0) is 4.57 Å². The topological polar surface area (TPSA) is 98.0 Å². The van der Waals surface area contributed by atoms with Crippen LogP contribution in [0.1, 0.15) is 104 Å². The van der Waals surface area contributed by atoms with Gasteiger partial charge in [-0.15, -0.1) is 0 Å². The number of unbranched alkanes of at least 4 members (excludes halogenated alkanes) is 13. The van der Waals surface area contributed by atoms with Crippen LogP contribution in [0.2, 0.25) is 0 Å². The summed E-state index contributed by atoms with van der Waals surface area (Å²) < 4.78 is 8.88. The lowest BCUT2D eigenvalue weighted by molar-refractivity contribution is 0.250. The summed E-state index contributed by atoms with van der Waals surface area (Å²) in [5.74, 6) is 2.87. The van der Waals surface area contributed by atoms with Crippen LogP contribution >= 0.6 is 19.6 Å². The van der Waals surface area contributed by atoms with E-state index in [2.05, 4.69) is 13.8 Å². The third kappa shape index (κ3) is 37.8. The molecule has 0 saturated carbocycles. The molecule has 0 aromatic heterocycles. The fourth-order valence-electron chi connectivity index (χ4n) is 2.74. The standard InChI is InChI=1S/C20H42OS.H3O4P/c1-3-4-5-6-7-8-9-10-11-12-13-14-15-16-17-22-19-20(2)18-21;1-5(2,3)4/h20-21H,3-19H2,1-2H3;(H3,1,2,3,4). The molecule has 4 N–H and O–H groups in total. The van der Waals surface area contributed by atoms with E-state index in [1.807, 2.05) is 11.8 Å². The molecule has 0 aromatic rings. The molecule has 1 atom stereocenters. The summed E-state index contributed by atoms with van der Waals surface area (Å²) in [7, 11) is -4.64. The lowest BCUT2D eigenvalue weighted by Crippen LogP contribution is -2.03. The van der Waals surface area contributed by atoms with Crippen molar-refractivity contribution >= 4 is 19.6 Å². The van der Waals surface area contributed by atoms with Crippen LogP contribution in [-0.4, -0.2) is 37.9 Å². The summed E-state index contributed by atoms with van der Waals surface area (Å²) in [6.07, 6.45) is 20.1. The Labute approximate surface area is 172 Å². The van der Waals surface area contributed by atoms with Crippen LogP contribution in [0.15, 0.2) is 0 Å². The average molecular weight is 429 g/mol. The highest BCUT2D eigenvalue weighted by Crippen LogP contribution is 2.25. The van der Waals surface area contributed by atoms with Crippen molar-refractivity contribution in [2.24, 2.45) is 5.92 Å². The van der Waals surface area contributed by atoms with Crippen LogP contribution in [0.3, 0.4) is 0 Å². The Bertz CT molecular complexity index is 317. The Balaban J connectivity index is 0. The summed E-state index contributed by atoms with van der Waals surface area (Å²) in [6.45, 7) is 4.75. The molecule has 0 heterocycles. The largest absolute Gasteiger partial charge is 0.466 e. The highest BCUT2D eigenvalue weighted by Gasteiger charge is 2.00. The molecule has 27 heavy (non-hydrogen) atoms. The maximum atomic E-state index is 8.95. The number of rotatable bonds is 18. The quantitative estimate of drug-likeness (QED) is 0.160. The van der Waals surface area contributed by atoms with Crippen molar-refractivity contribution in [2.75, 3.05) is 18.1 Å². The second-order valence-electron chi connectivity index (χ2n) is 7.47. The molecule has 0 aliphatic carbocycles. The Kier molecular flexibility index (Phi) is 24.9. The Hall–Kier alpha value is 0.420. The predicted octanol–water partition coefficient (Wildman–Crippen LogP) is 5.90. The third-order valence-corrected chi connectivity index (χ3v) is 5.74. The van der Waals surface area contributed by atoms with Gasteiger partial charge in [0.25, 0.3) is 0 Å². The molecular weight excluding hydrogens is 383 g/mol. The molecule has 0 radical (unpaired) electrons. The highest BCUT2D eigenvalue weighted by molar-refractivity contribution is 7.99. The molecule has 0 rings (SSSR count). The first-order valence-corrected chi connectivity index (χ1v) is 13.5. The summed E-state index contributed by atoms with van der Waals surface area (Å²) in [5.41, 5.74) is 0. The number of hydrogen-bond acceptors (Lipinski definition) is 3. The van der Waals surface area contributed by atoms with E-state index in [0.717, 1.165) is 5.75 Å². The van der Waals surface area contributed by atoms with Crippen molar-refractivity contribution in [3.8, 4) is 0 Å². The van der Waals surface area contributed by atoms with E-state index in [-0.39, 0.29) is 0 Å². The Morgan fingerprint density at radius 3 is 1.41 bits per heavy atom. The summed E-state index contributed by atoms with van der Waals surface area (Å²) in [4.78, 5) is 21.6. The minimum Gasteiger partial charge on any atom is -0.396 e. The van der Waals surface area contributed by atoms with Gasteiger partial charge in [-0.1, -0.05) is 97.3 Å². The van der Waals surface area contributed by atoms with Crippen molar-refractivity contribution in [3.63, 3.8) is 0 Å². The van der Waals surface area contributed by atoms with E-state index in [9.17, 15) is 0 Å². The molecule has 5 nitrogen and oxygen atoms in total. The van der Waals surface area contributed by atoms with Crippen molar-refractivity contribution in [1.82, 2.24) is 0 Å². The maximum Gasteiger partial charge on any atom is 0.466 e. The molecule has 7 heteroatoms. The van der Waals surface area contributed by atoms with E-state index in [1.54, 1.807) is 0 Å². The molecule has 0 bridgehead atoms. The van der Waals surface area contributed by atoms with E-state index in [1.165, 1.54) is 95.6 Å². The first-order chi connectivity index (χ1) is 12.8. The van der Waals surface area contributed by atoms with Gasteiger partial charge in [0.1, 0.15) is 0 Å². The fourth-order valence-corrected chi connectivity index (χ4v) is 3.82. The summed E-state index contributed by atoms with van der Waals surface area (Å²) in [6, 6.07) is 0. The number of thioether (sulfide) groups is 1. The first-order valence-electron chi connectivity index (χ1n) is 10.8. The smallest absolute Gasteiger partial charge is 0.396 e. The third-order valence-electron chi connectivity index (χ3n) is 4.36. The van der Waals surface area contributed by atoms with E-state index >= 15 is 0 Å². The van der Waals surface area contributed by atoms with Crippen molar-refractivity contribution in [3.05, 3.63) is 0 Å². The SMILES string of the molecule is CCCCCCCCCCCCCCCCSCC(C)CO.O=P(O)(O)O. The van der Waals surface area contributed by atoms with Crippen molar-refractivity contribution < 1.29 is 24.4 Å². The molecule has 0 amide bonds. The van der Waals surface area contributed by atoms with Gasteiger partial charge < -0.3 is 19.8 Å². The van der Waals surface area contributed by atoms with Crippen LogP contribution in [0, 0.1) is 5.92 Å². The van der Waals surface area contributed by atoms with Crippen LogP contribution in [0.4, 0.5) is 0 Å². The average Bonchev–Trinajstić information content (AvgIpc) is 2.59. The molecule has 0 aliphatic rings. The van der Waals surface area contributed by atoms with Gasteiger partial charge in [-0.25, -0.2) is 4.57 Å². The molecule has 0 saturated heterocycles. The van der Waals surface area contributed by atoms with Gasteiger partial charge in [0, 0.05) is 6.61 Å². The maximum absolute atomic E-state index is 8.95. The second-order valence-corrected chi connectivity index (χ2v) is 9.65. The van der Waals surface area contributed by atoms with Gasteiger partial charge in [0.2, 0.25) is 0 Å². The molecule has 0 spiro atoms. The van der Waals surface area contributed by atoms with Gasteiger partial charge in [0.15, 0.2) is 0 Å². The highest BCUT2D eigenvalue weighted by atomic mass is 32.2. The summed E-state index contributed by atoms with van der Waals surface area (Å²) in [5, 5.41) is 8.95. The van der Waals surface area contributed by atoms with Gasteiger partial charge in [-0.05, 0) is 23.8 Å². The normalized spacial score (nSPS) is 12.5. The molecule has 1 unspecified atom stereocenters. The Morgan fingerprint density at radius 2 is 1.07 bits per heavy atom. The van der Waals surface area contributed by atoms with Gasteiger partial charge in [-0.2, -0.15) is 11.8 Å². The minimum atomic E-state index is -4.64. The lowest BCUT2D eigenvalue weighted by atomic mass is 10.0. The van der Waals surface area contributed by atoms with Crippen molar-refractivity contribution in [1.29, 1.82) is 0 Å². The lowest BCUT2D eigenvalue weighted by Gasteiger charge is -2.06. The van der Waals surface area contributed by atoms with E-state index in [4.69, 9.17) is 24.4 Å². The van der Waals surface area contributed by atoms with E-state index in [0.29, 0.717) is 12.5 Å².